The molecule has 24 heavy (non-hydrogen) atoms. The van der Waals surface area contributed by atoms with E-state index in [-0.39, 0.29) is 40.5 Å². The molecule has 0 spiro atoms. The summed E-state index contributed by atoms with van der Waals surface area (Å²) in [5, 5.41) is 20.8. The van der Waals surface area contributed by atoms with Gasteiger partial charge in [0.15, 0.2) is 0 Å². The van der Waals surface area contributed by atoms with Crippen LogP contribution in [-0.2, 0) is 6.61 Å². The molecule has 8 heteroatoms. The summed E-state index contributed by atoms with van der Waals surface area (Å²) in [6.07, 6.45) is 0. The average molecular weight is 336 g/mol. The standard InChI is InChI=1S/C16H11NO6.Na/c18-15-12-8-11(22-9-10-4-2-1-3-5-10)6-7-13(12)23-16(19)14(15)17(20)21;/h1-8,18H,9H2;. The molecule has 0 fully saturated rings. The number of rotatable bonds is 4. The number of fused-ring (bicyclic) bond motifs is 1. The van der Waals surface area contributed by atoms with Crippen LogP contribution in [0.15, 0.2) is 57.7 Å². The molecular weight excluding hydrogens is 325 g/mol. The van der Waals surface area contributed by atoms with E-state index >= 15 is 0 Å². The van der Waals surface area contributed by atoms with Crippen LogP contribution in [0.25, 0.3) is 11.0 Å². The van der Waals surface area contributed by atoms with Crippen molar-refractivity contribution in [3.8, 4) is 11.5 Å². The molecule has 3 aromatic rings. The van der Waals surface area contributed by atoms with Crippen molar-refractivity contribution < 1.29 is 19.2 Å². The fourth-order valence-corrected chi connectivity index (χ4v) is 2.15. The molecule has 0 aliphatic heterocycles. The maximum atomic E-state index is 11.5. The van der Waals surface area contributed by atoms with E-state index in [0.29, 0.717) is 12.4 Å². The summed E-state index contributed by atoms with van der Waals surface area (Å²) >= 11 is 0. The van der Waals surface area contributed by atoms with Gasteiger partial charge in [-0.1, -0.05) is 30.3 Å². The third-order valence-corrected chi connectivity index (χ3v) is 3.26. The Kier molecular flexibility index (Phi) is 5.61. The van der Waals surface area contributed by atoms with Gasteiger partial charge in [-0.2, -0.15) is 0 Å². The van der Waals surface area contributed by atoms with Gasteiger partial charge in [0.2, 0.25) is 5.75 Å². The number of hydrogen-bond donors (Lipinski definition) is 1. The second kappa shape index (κ2) is 7.48. The maximum Gasteiger partial charge on any atom is 0.419 e. The molecule has 0 atom stereocenters. The second-order valence-electron chi connectivity index (χ2n) is 4.78. The van der Waals surface area contributed by atoms with Crippen LogP contribution in [0.2, 0.25) is 0 Å². The van der Waals surface area contributed by atoms with Crippen molar-refractivity contribution in [3.05, 3.63) is 74.6 Å². The first kappa shape index (κ1) is 18.0. The van der Waals surface area contributed by atoms with Gasteiger partial charge in [0, 0.05) is 29.6 Å². The van der Waals surface area contributed by atoms with Gasteiger partial charge in [0.1, 0.15) is 17.9 Å². The van der Waals surface area contributed by atoms with E-state index in [2.05, 4.69) is 0 Å². The van der Waals surface area contributed by atoms with E-state index in [0.717, 1.165) is 5.56 Å². The van der Waals surface area contributed by atoms with E-state index in [1.165, 1.54) is 12.1 Å². The van der Waals surface area contributed by atoms with Crippen molar-refractivity contribution in [3.63, 3.8) is 0 Å². The monoisotopic (exact) mass is 336 g/mol. The van der Waals surface area contributed by atoms with Crippen molar-refractivity contribution in [1.29, 1.82) is 0 Å². The third-order valence-electron chi connectivity index (χ3n) is 3.26. The molecule has 0 saturated carbocycles. The van der Waals surface area contributed by atoms with E-state index in [4.69, 9.17) is 9.15 Å². The Morgan fingerprint density at radius 1 is 1.17 bits per heavy atom. The number of aromatic hydroxyl groups is 1. The van der Waals surface area contributed by atoms with E-state index in [1.807, 2.05) is 30.3 Å². The Labute approximate surface area is 157 Å². The second-order valence-corrected chi connectivity index (χ2v) is 4.78. The molecule has 117 valence electrons. The molecule has 3 rings (SSSR count). The van der Waals surface area contributed by atoms with Gasteiger partial charge in [-0.3, -0.25) is 10.1 Å². The zero-order valence-electron chi connectivity index (χ0n) is 12.8. The van der Waals surface area contributed by atoms with Gasteiger partial charge in [0.05, 0.1) is 10.3 Å². The minimum atomic E-state index is -1.20. The van der Waals surface area contributed by atoms with Crippen LogP contribution in [0.1, 0.15) is 5.56 Å². The van der Waals surface area contributed by atoms with Crippen LogP contribution in [0.3, 0.4) is 0 Å². The average Bonchev–Trinajstić information content (AvgIpc) is 2.54. The Hall–Kier alpha value is -2.35. The maximum absolute atomic E-state index is 11.5. The van der Waals surface area contributed by atoms with Crippen LogP contribution in [0.5, 0.6) is 11.5 Å². The van der Waals surface area contributed by atoms with Gasteiger partial charge in [0.25, 0.3) is 0 Å². The topological polar surface area (TPSA) is 103 Å². The van der Waals surface area contributed by atoms with E-state index < -0.39 is 22.0 Å². The fraction of sp³-hybridized carbons (Fsp3) is 0.0625. The number of ether oxygens (including phenoxy) is 1. The van der Waals surface area contributed by atoms with E-state index in [9.17, 15) is 20.0 Å². The summed E-state index contributed by atoms with van der Waals surface area (Å²) in [7, 11) is 0. The van der Waals surface area contributed by atoms with E-state index in [1.54, 1.807) is 6.07 Å². The Balaban J connectivity index is 0.00000208. The van der Waals surface area contributed by atoms with Crippen LogP contribution in [0.4, 0.5) is 5.69 Å². The molecule has 0 amide bonds. The molecule has 0 aliphatic rings. The summed E-state index contributed by atoms with van der Waals surface area (Å²) in [6.45, 7) is 0.298. The minimum absolute atomic E-state index is 0. The molecule has 2 aromatic carbocycles. The molecule has 1 radical (unpaired) electrons. The minimum Gasteiger partial charge on any atom is -0.501 e. The summed E-state index contributed by atoms with van der Waals surface area (Å²) in [6, 6.07) is 13.8. The van der Waals surface area contributed by atoms with Crippen LogP contribution >= 0.6 is 0 Å². The zero-order valence-corrected chi connectivity index (χ0v) is 14.8. The van der Waals surface area contributed by atoms with Gasteiger partial charge in [-0.15, -0.1) is 0 Å². The summed E-state index contributed by atoms with van der Waals surface area (Å²) < 4.78 is 10.4. The smallest absolute Gasteiger partial charge is 0.419 e. The molecule has 0 bridgehead atoms. The van der Waals surface area contributed by atoms with Crippen LogP contribution < -0.4 is 10.4 Å². The van der Waals surface area contributed by atoms with Crippen molar-refractivity contribution >= 4 is 46.2 Å². The first-order valence-corrected chi connectivity index (χ1v) is 6.67. The van der Waals surface area contributed by atoms with Gasteiger partial charge < -0.3 is 14.3 Å². The number of nitrogens with zero attached hydrogens (tertiary/aromatic N) is 1. The molecular formula is C16H11NNaO6. The van der Waals surface area contributed by atoms with Crippen LogP contribution in [-0.4, -0.2) is 39.6 Å². The molecule has 0 aliphatic carbocycles. The summed E-state index contributed by atoms with van der Waals surface area (Å²) in [5.74, 6) is -0.341. The Morgan fingerprint density at radius 3 is 2.54 bits per heavy atom. The molecule has 1 N–H and O–H groups in total. The van der Waals surface area contributed by atoms with Gasteiger partial charge >= 0.3 is 11.3 Å². The number of benzene rings is 2. The Morgan fingerprint density at radius 2 is 1.88 bits per heavy atom. The molecule has 0 saturated heterocycles. The Bertz CT molecular complexity index is 938. The van der Waals surface area contributed by atoms with Gasteiger partial charge in [-0.05, 0) is 23.8 Å². The van der Waals surface area contributed by atoms with Crippen molar-refractivity contribution in [2.24, 2.45) is 0 Å². The normalized spacial score (nSPS) is 10.2. The van der Waals surface area contributed by atoms with Crippen LogP contribution in [0, 0.1) is 10.1 Å². The molecule has 1 heterocycles. The SMILES string of the molecule is O=c1oc2ccc(OCc3ccccc3)cc2c(O)c1[N+](=O)[O-].[Na]. The number of nitro groups is 1. The number of hydrogen-bond acceptors (Lipinski definition) is 6. The first-order valence-electron chi connectivity index (χ1n) is 6.67. The largest absolute Gasteiger partial charge is 0.501 e. The zero-order chi connectivity index (χ0) is 16.4. The fourth-order valence-electron chi connectivity index (χ4n) is 2.15. The van der Waals surface area contributed by atoms with Crippen molar-refractivity contribution in [2.45, 2.75) is 6.61 Å². The van der Waals surface area contributed by atoms with Crippen molar-refractivity contribution in [1.82, 2.24) is 0 Å². The predicted molar refractivity (Wildman–Crippen MR) is 87.3 cm³/mol. The third kappa shape index (κ3) is 3.59. The summed E-state index contributed by atoms with van der Waals surface area (Å²) in [5.41, 5.74) is -1.19. The predicted octanol–water partition coefficient (Wildman–Crippen LogP) is 2.61. The van der Waals surface area contributed by atoms with Crippen molar-refractivity contribution in [2.75, 3.05) is 0 Å². The first-order chi connectivity index (χ1) is 11.1. The summed E-state index contributed by atoms with van der Waals surface area (Å²) in [4.78, 5) is 21.4. The molecule has 7 nitrogen and oxygen atoms in total. The van der Waals surface area contributed by atoms with Gasteiger partial charge in [-0.25, -0.2) is 4.79 Å². The quantitative estimate of drug-likeness (QED) is 0.340. The molecule has 1 aromatic heterocycles. The molecule has 0 unspecified atom stereocenters.